The highest BCUT2D eigenvalue weighted by Gasteiger charge is 2.22. The van der Waals surface area contributed by atoms with Crippen LogP contribution in [-0.2, 0) is 17.8 Å². The van der Waals surface area contributed by atoms with Gasteiger partial charge in [0, 0.05) is 31.4 Å². The molecule has 1 amide bonds. The number of carbonyl (C=O) groups is 1. The highest BCUT2D eigenvalue weighted by atomic mass is 16.5. The third kappa shape index (κ3) is 2.98. The first kappa shape index (κ1) is 14.6. The van der Waals surface area contributed by atoms with Crippen LogP contribution in [0, 0.1) is 6.92 Å². The number of amides is 1. The maximum Gasteiger partial charge on any atom is 0.228 e. The molecule has 116 valence electrons. The van der Waals surface area contributed by atoms with Gasteiger partial charge in [-0.25, -0.2) is 0 Å². The maximum atomic E-state index is 12.5. The summed E-state index contributed by atoms with van der Waals surface area (Å²) in [6.45, 7) is 3.36. The number of hydrogen-bond donors (Lipinski definition) is 0. The van der Waals surface area contributed by atoms with Gasteiger partial charge in [-0.1, -0.05) is 0 Å². The lowest BCUT2D eigenvalue weighted by atomic mass is 10.0. The summed E-state index contributed by atoms with van der Waals surface area (Å²) in [5, 5.41) is 4.32. The molecule has 2 heterocycles. The Balaban J connectivity index is 1.71. The van der Waals surface area contributed by atoms with E-state index in [-0.39, 0.29) is 5.91 Å². The van der Waals surface area contributed by atoms with Gasteiger partial charge in [-0.15, -0.1) is 0 Å². The fraction of sp³-hybridized carbons (Fsp3) is 0.412. The second kappa shape index (κ2) is 6.22. The Morgan fingerprint density at radius 2 is 2.23 bits per heavy atom. The number of rotatable bonds is 4. The molecule has 1 aliphatic heterocycles. The van der Waals surface area contributed by atoms with Gasteiger partial charge in [0.05, 0.1) is 12.8 Å². The van der Waals surface area contributed by atoms with Crippen LogP contribution in [0.5, 0.6) is 5.75 Å². The monoisotopic (exact) mass is 299 g/mol. The lowest BCUT2D eigenvalue weighted by molar-refractivity contribution is -0.119. The molecule has 0 bridgehead atoms. The molecule has 0 radical (unpaired) electrons. The number of benzene rings is 1. The quantitative estimate of drug-likeness (QED) is 0.871. The van der Waals surface area contributed by atoms with E-state index in [9.17, 15) is 4.79 Å². The lowest BCUT2D eigenvalue weighted by Crippen LogP contribution is -2.35. The minimum Gasteiger partial charge on any atom is -0.497 e. The maximum absolute atomic E-state index is 12.5. The van der Waals surface area contributed by atoms with Crippen LogP contribution in [0.2, 0.25) is 0 Å². The van der Waals surface area contributed by atoms with Crippen LogP contribution in [0.4, 0.5) is 5.69 Å². The summed E-state index contributed by atoms with van der Waals surface area (Å²) in [6.07, 6.45) is 4.37. The van der Waals surface area contributed by atoms with E-state index in [0.717, 1.165) is 36.5 Å². The lowest BCUT2D eigenvalue weighted by Gasteiger charge is -2.30. The Labute approximate surface area is 130 Å². The van der Waals surface area contributed by atoms with Gasteiger partial charge in [0.2, 0.25) is 5.91 Å². The molecule has 0 N–H and O–H groups in total. The predicted octanol–water partition coefficient (Wildman–Crippen LogP) is 2.57. The minimum absolute atomic E-state index is 0.152. The number of anilines is 1. The number of ether oxygens (including phenoxy) is 1. The molecule has 0 unspecified atom stereocenters. The SMILES string of the molecule is COc1ccc2c(c1)CCCN2C(=O)CCn1ccc(C)n1. The molecule has 3 rings (SSSR count). The van der Waals surface area contributed by atoms with Crippen molar-refractivity contribution in [3.8, 4) is 5.75 Å². The first-order chi connectivity index (χ1) is 10.7. The van der Waals surface area contributed by atoms with Gasteiger partial charge in [0.1, 0.15) is 5.75 Å². The average Bonchev–Trinajstić information content (AvgIpc) is 2.97. The molecule has 0 aliphatic carbocycles. The molecule has 0 saturated heterocycles. The summed E-state index contributed by atoms with van der Waals surface area (Å²) in [7, 11) is 1.67. The molecule has 5 heteroatoms. The third-order valence-corrected chi connectivity index (χ3v) is 4.04. The Kier molecular flexibility index (Phi) is 4.13. The standard InChI is InChI=1S/C17H21N3O2/c1-13-7-10-19(18-13)11-8-17(21)20-9-3-4-14-12-15(22-2)5-6-16(14)20/h5-7,10,12H,3-4,8-9,11H2,1-2H3. The summed E-state index contributed by atoms with van der Waals surface area (Å²) < 4.78 is 7.09. The molecule has 1 aromatic heterocycles. The number of aromatic nitrogens is 2. The molecule has 0 fully saturated rings. The van der Waals surface area contributed by atoms with E-state index in [1.165, 1.54) is 5.56 Å². The largest absolute Gasteiger partial charge is 0.497 e. The molecule has 22 heavy (non-hydrogen) atoms. The van der Waals surface area contributed by atoms with E-state index in [0.29, 0.717) is 13.0 Å². The van der Waals surface area contributed by atoms with Crippen molar-refractivity contribution in [2.24, 2.45) is 0 Å². The van der Waals surface area contributed by atoms with Crippen LogP contribution in [-0.4, -0.2) is 29.3 Å². The van der Waals surface area contributed by atoms with Gasteiger partial charge in [-0.05, 0) is 49.6 Å². The van der Waals surface area contributed by atoms with Crippen LogP contribution in [0.3, 0.4) is 0 Å². The van der Waals surface area contributed by atoms with Gasteiger partial charge in [-0.2, -0.15) is 5.10 Å². The number of fused-ring (bicyclic) bond motifs is 1. The van der Waals surface area contributed by atoms with Crippen LogP contribution in [0.1, 0.15) is 24.1 Å². The number of methoxy groups -OCH3 is 1. The summed E-state index contributed by atoms with van der Waals surface area (Å²) in [6, 6.07) is 7.89. The van der Waals surface area contributed by atoms with Crippen LogP contribution < -0.4 is 9.64 Å². The summed E-state index contributed by atoms with van der Waals surface area (Å²) in [5.74, 6) is 0.999. The topological polar surface area (TPSA) is 47.4 Å². The molecule has 5 nitrogen and oxygen atoms in total. The molecule has 1 aliphatic rings. The van der Waals surface area contributed by atoms with Gasteiger partial charge >= 0.3 is 0 Å². The van der Waals surface area contributed by atoms with E-state index >= 15 is 0 Å². The summed E-state index contributed by atoms with van der Waals surface area (Å²) in [5.41, 5.74) is 3.19. The number of carbonyl (C=O) groups excluding carboxylic acids is 1. The highest BCUT2D eigenvalue weighted by Crippen LogP contribution is 2.30. The van der Waals surface area contributed by atoms with Crippen molar-refractivity contribution in [3.63, 3.8) is 0 Å². The van der Waals surface area contributed by atoms with Crippen molar-refractivity contribution in [3.05, 3.63) is 41.7 Å². The highest BCUT2D eigenvalue weighted by molar-refractivity contribution is 5.94. The van der Waals surface area contributed by atoms with E-state index in [1.807, 2.05) is 47.0 Å². The second-order valence-corrected chi connectivity index (χ2v) is 5.61. The number of hydrogen-bond acceptors (Lipinski definition) is 3. The first-order valence-corrected chi connectivity index (χ1v) is 7.65. The van der Waals surface area contributed by atoms with Crippen molar-refractivity contribution in [2.75, 3.05) is 18.6 Å². The van der Waals surface area contributed by atoms with Gasteiger partial charge in [-0.3, -0.25) is 9.48 Å². The van der Waals surface area contributed by atoms with Crippen molar-refractivity contribution in [1.82, 2.24) is 9.78 Å². The molecule has 0 atom stereocenters. The van der Waals surface area contributed by atoms with Crippen LogP contribution in [0.25, 0.3) is 0 Å². The fourth-order valence-electron chi connectivity index (χ4n) is 2.89. The molecule has 0 saturated carbocycles. The van der Waals surface area contributed by atoms with Crippen LogP contribution in [0.15, 0.2) is 30.5 Å². The summed E-state index contributed by atoms with van der Waals surface area (Å²) in [4.78, 5) is 14.4. The Morgan fingerprint density at radius 3 is 2.95 bits per heavy atom. The number of aryl methyl sites for hydroxylation is 3. The Bertz CT molecular complexity index is 678. The fourth-order valence-corrected chi connectivity index (χ4v) is 2.89. The van der Waals surface area contributed by atoms with E-state index in [2.05, 4.69) is 5.10 Å². The predicted molar refractivity (Wildman–Crippen MR) is 85.2 cm³/mol. The van der Waals surface area contributed by atoms with Gasteiger partial charge in [0.15, 0.2) is 0 Å². The molecule has 0 spiro atoms. The van der Waals surface area contributed by atoms with Gasteiger partial charge in [0.25, 0.3) is 0 Å². The zero-order chi connectivity index (χ0) is 15.5. The van der Waals surface area contributed by atoms with E-state index < -0.39 is 0 Å². The van der Waals surface area contributed by atoms with Crippen LogP contribution >= 0.6 is 0 Å². The zero-order valence-corrected chi connectivity index (χ0v) is 13.1. The Morgan fingerprint density at radius 1 is 1.36 bits per heavy atom. The van der Waals surface area contributed by atoms with Crippen molar-refractivity contribution >= 4 is 11.6 Å². The summed E-state index contributed by atoms with van der Waals surface area (Å²) >= 11 is 0. The zero-order valence-electron chi connectivity index (χ0n) is 13.1. The van der Waals surface area contributed by atoms with Crippen molar-refractivity contribution in [1.29, 1.82) is 0 Å². The molecule has 1 aromatic carbocycles. The first-order valence-electron chi connectivity index (χ1n) is 7.65. The van der Waals surface area contributed by atoms with E-state index in [1.54, 1.807) is 7.11 Å². The molecule has 2 aromatic rings. The normalized spacial score (nSPS) is 13.8. The van der Waals surface area contributed by atoms with Crippen molar-refractivity contribution < 1.29 is 9.53 Å². The van der Waals surface area contributed by atoms with Gasteiger partial charge < -0.3 is 9.64 Å². The Hall–Kier alpha value is -2.30. The second-order valence-electron chi connectivity index (χ2n) is 5.61. The molecular formula is C17H21N3O2. The smallest absolute Gasteiger partial charge is 0.228 e. The minimum atomic E-state index is 0.152. The number of nitrogens with zero attached hydrogens (tertiary/aromatic N) is 3. The average molecular weight is 299 g/mol. The van der Waals surface area contributed by atoms with Crippen molar-refractivity contribution in [2.45, 2.75) is 32.7 Å². The third-order valence-electron chi connectivity index (χ3n) is 4.04. The van der Waals surface area contributed by atoms with E-state index in [4.69, 9.17) is 4.74 Å². The molecular weight excluding hydrogens is 278 g/mol.